The number of hydrogen-bond donors (Lipinski definition) is 2. The first-order valence-corrected chi connectivity index (χ1v) is 7.13. The lowest BCUT2D eigenvalue weighted by Gasteiger charge is -2.22. The lowest BCUT2D eigenvalue weighted by atomic mass is 10.1. The Morgan fingerprint density at radius 2 is 2.17 bits per heavy atom. The zero-order valence-corrected chi connectivity index (χ0v) is 14.4. The van der Waals surface area contributed by atoms with Crippen LogP contribution in [0.1, 0.15) is 12.0 Å². The van der Waals surface area contributed by atoms with Crippen molar-refractivity contribution in [1.29, 1.82) is 0 Å². The molecule has 7 heteroatoms. The molecule has 1 amide bonds. The maximum absolute atomic E-state index is 12.4. The average Bonchev–Trinajstić information content (AvgIpc) is 2.93. The summed E-state index contributed by atoms with van der Waals surface area (Å²) < 4.78 is 0. The summed E-state index contributed by atoms with van der Waals surface area (Å²) in [5, 5.41) is 14.8. The van der Waals surface area contributed by atoms with Crippen molar-refractivity contribution in [1.82, 2.24) is 15.2 Å². The van der Waals surface area contributed by atoms with Crippen molar-refractivity contribution in [3.63, 3.8) is 0 Å². The number of pyridine rings is 1. The van der Waals surface area contributed by atoms with Crippen molar-refractivity contribution in [2.45, 2.75) is 25.1 Å². The predicted molar refractivity (Wildman–Crippen MR) is 95.1 cm³/mol. The standard InChI is InChI=1S/C16H19N3O2.2ClH/c1-19(16(21)15-7-13(20)9-18-15)10-12-4-2-3-11-8-17-6-5-14(11)12;;/h2-6,8,13,15,18,20H,7,9-10H2,1H3;2*1H/t13-,15+;;/m1../s1. The van der Waals surface area contributed by atoms with E-state index in [2.05, 4.69) is 10.3 Å². The van der Waals surface area contributed by atoms with Gasteiger partial charge >= 0.3 is 0 Å². The first kappa shape index (κ1) is 19.6. The number of nitrogens with one attached hydrogen (secondary N) is 1. The quantitative estimate of drug-likeness (QED) is 0.878. The minimum absolute atomic E-state index is 0. The number of amides is 1. The topological polar surface area (TPSA) is 65.5 Å². The molecule has 1 fully saturated rings. The molecule has 2 heterocycles. The molecule has 126 valence electrons. The van der Waals surface area contributed by atoms with Gasteiger partial charge in [-0.2, -0.15) is 0 Å². The molecule has 0 saturated carbocycles. The number of fused-ring (bicyclic) bond motifs is 1. The number of nitrogens with zero attached hydrogens (tertiary/aromatic N) is 2. The number of β-amino-alcohol motifs (C(OH)–C–C–N with tert-alkyl or cyclic N) is 1. The smallest absolute Gasteiger partial charge is 0.239 e. The van der Waals surface area contributed by atoms with Gasteiger partial charge in [0.1, 0.15) is 0 Å². The highest BCUT2D eigenvalue weighted by atomic mass is 35.5. The largest absolute Gasteiger partial charge is 0.392 e. The Balaban J connectivity index is 0.00000132. The maximum Gasteiger partial charge on any atom is 0.239 e. The molecule has 5 nitrogen and oxygen atoms in total. The first-order chi connectivity index (χ1) is 10.1. The van der Waals surface area contributed by atoms with E-state index in [1.165, 1.54) is 0 Å². The summed E-state index contributed by atoms with van der Waals surface area (Å²) in [5.41, 5.74) is 1.10. The van der Waals surface area contributed by atoms with Gasteiger partial charge in [0.25, 0.3) is 0 Å². The molecule has 1 aromatic heterocycles. The minimum atomic E-state index is -0.420. The number of hydrogen-bond acceptors (Lipinski definition) is 4. The predicted octanol–water partition coefficient (Wildman–Crippen LogP) is 1.76. The zero-order valence-electron chi connectivity index (χ0n) is 12.8. The summed E-state index contributed by atoms with van der Waals surface area (Å²) in [6.45, 7) is 1.04. The van der Waals surface area contributed by atoms with Crippen LogP contribution in [0.5, 0.6) is 0 Å². The minimum Gasteiger partial charge on any atom is -0.392 e. The molecule has 0 unspecified atom stereocenters. The van der Waals surface area contributed by atoms with Crippen LogP contribution >= 0.6 is 24.8 Å². The molecule has 0 bridgehead atoms. The molecule has 2 atom stereocenters. The molecule has 1 aromatic carbocycles. The molecule has 0 aliphatic carbocycles. The summed E-state index contributed by atoms with van der Waals surface area (Å²) in [7, 11) is 1.80. The highest BCUT2D eigenvalue weighted by Gasteiger charge is 2.30. The van der Waals surface area contributed by atoms with Crippen molar-refractivity contribution in [3.05, 3.63) is 42.2 Å². The second-order valence-electron chi connectivity index (χ2n) is 5.56. The number of benzene rings is 1. The third-order valence-corrected chi connectivity index (χ3v) is 3.96. The van der Waals surface area contributed by atoms with Crippen molar-refractivity contribution >= 4 is 41.5 Å². The number of aromatic nitrogens is 1. The number of carbonyl (C=O) groups is 1. The second-order valence-corrected chi connectivity index (χ2v) is 5.56. The molecular formula is C16H21Cl2N3O2. The van der Waals surface area contributed by atoms with Gasteiger partial charge in [0, 0.05) is 37.9 Å². The number of aliphatic hydroxyl groups excluding tert-OH is 1. The Hall–Kier alpha value is -1.40. The normalized spacial score (nSPS) is 19.7. The van der Waals surface area contributed by atoms with Crippen molar-refractivity contribution in [2.75, 3.05) is 13.6 Å². The fourth-order valence-corrected chi connectivity index (χ4v) is 2.83. The lowest BCUT2D eigenvalue weighted by molar-refractivity contribution is -0.132. The summed E-state index contributed by atoms with van der Waals surface area (Å²) in [4.78, 5) is 18.2. The van der Waals surface area contributed by atoms with Gasteiger partial charge in [-0.1, -0.05) is 18.2 Å². The van der Waals surface area contributed by atoms with E-state index in [0.717, 1.165) is 16.3 Å². The fraction of sp³-hybridized carbons (Fsp3) is 0.375. The summed E-state index contributed by atoms with van der Waals surface area (Å²) in [5.74, 6) is 0.0256. The average molecular weight is 358 g/mol. The Morgan fingerprint density at radius 3 is 2.87 bits per heavy atom. The molecule has 23 heavy (non-hydrogen) atoms. The van der Waals surface area contributed by atoms with Crippen LogP contribution in [0.2, 0.25) is 0 Å². The van der Waals surface area contributed by atoms with Gasteiger partial charge in [-0.05, 0) is 23.4 Å². The summed E-state index contributed by atoms with van der Waals surface area (Å²) in [6.07, 6.45) is 3.66. The van der Waals surface area contributed by atoms with E-state index in [1.807, 2.05) is 30.5 Å². The zero-order chi connectivity index (χ0) is 14.8. The molecule has 0 radical (unpaired) electrons. The lowest BCUT2D eigenvalue weighted by Crippen LogP contribution is -2.41. The van der Waals surface area contributed by atoms with Crippen LogP contribution in [-0.2, 0) is 11.3 Å². The molecule has 3 rings (SSSR count). The van der Waals surface area contributed by atoms with Gasteiger partial charge in [0.2, 0.25) is 5.91 Å². The Labute approximate surface area is 147 Å². The van der Waals surface area contributed by atoms with Crippen LogP contribution in [0.4, 0.5) is 0 Å². The molecule has 1 saturated heterocycles. The summed E-state index contributed by atoms with van der Waals surface area (Å²) >= 11 is 0. The molecule has 1 aliphatic rings. The monoisotopic (exact) mass is 357 g/mol. The summed E-state index contributed by atoms with van der Waals surface area (Å²) in [6, 6.07) is 7.73. The molecule has 1 aliphatic heterocycles. The van der Waals surface area contributed by atoms with Crippen LogP contribution in [0, 0.1) is 0 Å². The van der Waals surface area contributed by atoms with Crippen LogP contribution in [-0.4, -0.2) is 46.6 Å². The second kappa shape index (κ2) is 8.45. The van der Waals surface area contributed by atoms with Crippen molar-refractivity contribution in [3.8, 4) is 0 Å². The van der Waals surface area contributed by atoms with Crippen LogP contribution in [0.15, 0.2) is 36.7 Å². The number of aliphatic hydroxyl groups is 1. The van der Waals surface area contributed by atoms with E-state index in [4.69, 9.17) is 0 Å². The van der Waals surface area contributed by atoms with Gasteiger partial charge in [-0.15, -0.1) is 24.8 Å². The van der Waals surface area contributed by atoms with Gasteiger partial charge in [0.05, 0.1) is 12.1 Å². The Bertz CT molecular complexity index is 663. The van der Waals surface area contributed by atoms with Gasteiger partial charge in [-0.25, -0.2) is 0 Å². The first-order valence-electron chi connectivity index (χ1n) is 7.13. The number of halogens is 2. The highest BCUT2D eigenvalue weighted by molar-refractivity contribution is 5.86. The maximum atomic E-state index is 12.4. The van der Waals surface area contributed by atoms with E-state index in [0.29, 0.717) is 19.5 Å². The van der Waals surface area contributed by atoms with E-state index in [-0.39, 0.29) is 36.8 Å². The van der Waals surface area contributed by atoms with E-state index in [9.17, 15) is 9.90 Å². The SMILES string of the molecule is CN(Cc1cccc2cnccc12)C(=O)[C@@H]1C[C@@H](O)CN1.Cl.Cl. The van der Waals surface area contributed by atoms with Crippen molar-refractivity contribution < 1.29 is 9.90 Å². The van der Waals surface area contributed by atoms with Crippen LogP contribution < -0.4 is 5.32 Å². The molecule has 2 N–H and O–H groups in total. The molecule has 0 spiro atoms. The van der Waals surface area contributed by atoms with Gasteiger partial charge in [0.15, 0.2) is 0 Å². The third kappa shape index (κ3) is 4.32. The number of rotatable bonds is 3. The highest BCUT2D eigenvalue weighted by Crippen LogP contribution is 2.19. The third-order valence-electron chi connectivity index (χ3n) is 3.96. The molecule has 2 aromatic rings. The van der Waals surface area contributed by atoms with E-state index < -0.39 is 6.10 Å². The molecular weight excluding hydrogens is 337 g/mol. The van der Waals surface area contributed by atoms with E-state index in [1.54, 1.807) is 18.1 Å². The Morgan fingerprint density at radius 1 is 1.39 bits per heavy atom. The van der Waals surface area contributed by atoms with Crippen molar-refractivity contribution in [2.24, 2.45) is 0 Å². The van der Waals surface area contributed by atoms with Gasteiger partial charge in [-0.3, -0.25) is 9.78 Å². The van der Waals surface area contributed by atoms with Crippen LogP contribution in [0.25, 0.3) is 10.8 Å². The Kier molecular flexibility index (Phi) is 7.22. The fourth-order valence-electron chi connectivity index (χ4n) is 2.83. The van der Waals surface area contributed by atoms with Crippen LogP contribution in [0.3, 0.4) is 0 Å². The van der Waals surface area contributed by atoms with E-state index >= 15 is 0 Å². The van der Waals surface area contributed by atoms with Gasteiger partial charge < -0.3 is 15.3 Å². The number of carbonyl (C=O) groups excluding carboxylic acids is 1. The number of likely N-dealkylation sites (N-methyl/N-ethyl adjacent to an activating group) is 1.